The molecule has 1 aromatic rings. The third kappa shape index (κ3) is 3.53. The number of hydrogen-bond acceptors (Lipinski definition) is 2. The van der Waals surface area contributed by atoms with E-state index in [1.165, 1.54) is 12.1 Å². The van der Waals surface area contributed by atoms with E-state index in [0.717, 1.165) is 25.9 Å². The highest BCUT2D eigenvalue weighted by atomic mass is 19.1. The van der Waals surface area contributed by atoms with E-state index in [-0.39, 0.29) is 11.7 Å². The maximum Gasteiger partial charge on any atom is 0.251 e. The Balaban J connectivity index is 1.84. The molecule has 0 spiro atoms. The quantitative estimate of drug-likeness (QED) is 0.836. The number of hydrogen-bond donors (Lipinski definition) is 2. The largest absolute Gasteiger partial charge is 0.352 e. The summed E-state index contributed by atoms with van der Waals surface area (Å²) in [5.41, 5.74) is 0.388. The molecule has 2 N–H and O–H groups in total. The summed E-state index contributed by atoms with van der Waals surface area (Å²) >= 11 is 0. The number of piperidine rings is 1. The predicted molar refractivity (Wildman–Crippen MR) is 64.3 cm³/mol. The van der Waals surface area contributed by atoms with Crippen molar-refractivity contribution in [2.24, 2.45) is 5.92 Å². The van der Waals surface area contributed by atoms with Crippen molar-refractivity contribution in [3.8, 4) is 0 Å². The summed E-state index contributed by atoms with van der Waals surface area (Å²) < 4.78 is 12.9. The van der Waals surface area contributed by atoms with Crippen LogP contribution < -0.4 is 10.6 Å². The van der Waals surface area contributed by atoms with Gasteiger partial charge in [0.1, 0.15) is 5.82 Å². The van der Waals surface area contributed by atoms with Crippen LogP contribution in [0, 0.1) is 11.7 Å². The molecule has 1 amide bonds. The molecule has 17 heavy (non-hydrogen) atoms. The van der Waals surface area contributed by atoms with Crippen LogP contribution in [-0.4, -0.2) is 25.5 Å². The highest BCUT2D eigenvalue weighted by Gasteiger charge is 2.14. The van der Waals surface area contributed by atoms with E-state index < -0.39 is 0 Å². The molecule has 0 unspecified atom stereocenters. The van der Waals surface area contributed by atoms with E-state index in [2.05, 4.69) is 10.6 Å². The lowest BCUT2D eigenvalue weighted by atomic mass is 9.98. The average Bonchev–Trinajstić information content (AvgIpc) is 2.37. The summed E-state index contributed by atoms with van der Waals surface area (Å²) in [6.45, 7) is 2.71. The van der Waals surface area contributed by atoms with Crippen LogP contribution in [0.4, 0.5) is 4.39 Å². The third-order valence-electron chi connectivity index (χ3n) is 3.10. The van der Waals surface area contributed by atoms with Crippen molar-refractivity contribution in [2.75, 3.05) is 19.6 Å². The molecule has 0 atom stereocenters. The number of rotatable bonds is 3. The van der Waals surface area contributed by atoms with E-state index in [4.69, 9.17) is 0 Å². The van der Waals surface area contributed by atoms with Gasteiger partial charge >= 0.3 is 0 Å². The molecule has 1 aliphatic rings. The molecule has 1 aromatic carbocycles. The highest BCUT2D eigenvalue weighted by Crippen LogP contribution is 2.10. The first-order valence-electron chi connectivity index (χ1n) is 6.00. The third-order valence-corrected chi connectivity index (χ3v) is 3.10. The van der Waals surface area contributed by atoms with Crippen molar-refractivity contribution in [2.45, 2.75) is 12.8 Å². The molecule has 1 saturated heterocycles. The average molecular weight is 236 g/mol. The van der Waals surface area contributed by atoms with Crippen molar-refractivity contribution < 1.29 is 9.18 Å². The fourth-order valence-corrected chi connectivity index (χ4v) is 2.05. The van der Waals surface area contributed by atoms with Crippen LogP contribution >= 0.6 is 0 Å². The normalized spacial score (nSPS) is 16.8. The SMILES string of the molecule is O=C(NCC1CCNCC1)c1cccc(F)c1. The van der Waals surface area contributed by atoms with Crippen molar-refractivity contribution >= 4 is 5.91 Å². The first-order valence-corrected chi connectivity index (χ1v) is 6.00. The smallest absolute Gasteiger partial charge is 0.251 e. The number of amides is 1. The van der Waals surface area contributed by atoms with Crippen molar-refractivity contribution in [3.63, 3.8) is 0 Å². The predicted octanol–water partition coefficient (Wildman–Crippen LogP) is 1.56. The number of carbonyl (C=O) groups is 1. The van der Waals surface area contributed by atoms with Crippen molar-refractivity contribution in [1.82, 2.24) is 10.6 Å². The highest BCUT2D eigenvalue weighted by molar-refractivity contribution is 5.94. The second-order valence-electron chi connectivity index (χ2n) is 4.41. The van der Waals surface area contributed by atoms with Crippen molar-refractivity contribution in [3.05, 3.63) is 35.6 Å². The van der Waals surface area contributed by atoms with Gasteiger partial charge in [0.05, 0.1) is 0 Å². The molecule has 1 heterocycles. The number of benzene rings is 1. The van der Waals surface area contributed by atoms with Crippen LogP contribution in [0.2, 0.25) is 0 Å². The molecular weight excluding hydrogens is 219 g/mol. The van der Waals surface area contributed by atoms with Crippen LogP contribution in [0.5, 0.6) is 0 Å². The van der Waals surface area contributed by atoms with E-state index in [9.17, 15) is 9.18 Å². The monoisotopic (exact) mass is 236 g/mol. The summed E-state index contributed by atoms with van der Waals surface area (Å²) in [4.78, 5) is 11.7. The van der Waals surface area contributed by atoms with Gasteiger partial charge in [-0.1, -0.05) is 6.07 Å². The van der Waals surface area contributed by atoms with Gasteiger partial charge in [-0.25, -0.2) is 4.39 Å². The fourth-order valence-electron chi connectivity index (χ4n) is 2.05. The maximum absolute atomic E-state index is 12.9. The lowest BCUT2D eigenvalue weighted by molar-refractivity contribution is 0.0944. The molecule has 92 valence electrons. The Bertz CT molecular complexity index is 389. The molecule has 0 aromatic heterocycles. The molecule has 2 rings (SSSR count). The van der Waals surface area contributed by atoms with Gasteiger partial charge in [-0.15, -0.1) is 0 Å². The van der Waals surface area contributed by atoms with E-state index in [1.54, 1.807) is 12.1 Å². The molecule has 0 radical (unpaired) electrons. The molecule has 0 saturated carbocycles. The lowest BCUT2D eigenvalue weighted by Gasteiger charge is -2.22. The standard InChI is InChI=1S/C13H17FN2O/c14-12-3-1-2-11(8-12)13(17)16-9-10-4-6-15-7-5-10/h1-3,8,10,15H,4-7,9H2,(H,16,17). The van der Waals surface area contributed by atoms with Gasteiger partial charge in [-0.2, -0.15) is 0 Å². The van der Waals surface area contributed by atoms with Crippen LogP contribution in [0.1, 0.15) is 23.2 Å². The number of halogens is 1. The Morgan fingerprint density at radius 1 is 1.41 bits per heavy atom. The summed E-state index contributed by atoms with van der Waals surface area (Å²) in [6.07, 6.45) is 2.17. The van der Waals surface area contributed by atoms with E-state index in [0.29, 0.717) is 18.0 Å². The topological polar surface area (TPSA) is 41.1 Å². The van der Waals surface area contributed by atoms with E-state index in [1.807, 2.05) is 0 Å². The van der Waals surface area contributed by atoms with Gasteiger partial charge in [0.2, 0.25) is 0 Å². The van der Waals surface area contributed by atoms with Crippen LogP contribution in [0.25, 0.3) is 0 Å². The Labute approximate surface area is 100 Å². The van der Waals surface area contributed by atoms with Gasteiger partial charge in [0, 0.05) is 12.1 Å². The second-order valence-corrected chi connectivity index (χ2v) is 4.41. The summed E-state index contributed by atoms with van der Waals surface area (Å²) in [5.74, 6) is -0.0312. The summed E-state index contributed by atoms with van der Waals surface area (Å²) in [5, 5.41) is 6.14. The molecule has 1 fully saturated rings. The Morgan fingerprint density at radius 2 is 2.18 bits per heavy atom. The van der Waals surface area contributed by atoms with Gasteiger partial charge in [-0.3, -0.25) is 4.79 Å². The molecule has 4 heteroatoms. The summed E-state index contributed by atoms with van der Waals surface area (Å²) in [6, 6.07) is 5.77. The molecular formula is C13H17FN2O. The first kappa shape index (κ1) is 12.0. The molecule has 0 bridgehead atoms. The Kier molecular flexibility index (Phi) is 4.09. The minimum absolute atomic E-state index is 0.192. The first-order chi connectivity index (χ1) is 8.25. The van der Waals surface area contributed by atoms with Crippen LogP contribution in [-0.2, 0) is 0 Å². The maximum atomic E-state index is 12.9. The van der Waals surface area contributed by atoms with Gasteiger partial charge in [0.25, 0.3) is 5.91 Å². The minimum atomic E-state index is -0.375. The van der Waals surface area contributed by atoms with Crippen LogP contribution in [0.3, 0.4) is 0 Å². The second kappa shape index (κ2) is 5.77. The molecule has 1 aliphatic heterocycles. The minimum Gasteiger partial charge on any atom is -0.352 e. The van der Waals surface area contributed by atoms with E-state index >= 15 is 0 Å². The van der Waals surface area contributed by atoms with Crippen molar-refractivity contribution in [1.29, 1.82) is 0 Å². The number of carbonyl (C=O) groups excluding carboxylic acids is 1. The zero-order valence-corrected chi connectivity index (χ0v) is 9.71. The number of nitrogens with one attached hydrogen (secondary N) is 2. The zero-order valence-electron chi connectivity index (χ0n) is 9.71. The molecule has 3 nitrogen and oxygen atoms in total. The summed E-state index contributed by atoms with van der Waals surface area (Å²) in [7, 11) is 0. The van der Waals surface area contributed by atoms with Gasteiger partial charge in [-0.05, 0) is 50.0 Å². The van der Waals surface area contributed by atoms with Crippen LogP contribution in [0.15, 0.2) is 24.3 Å². The Morgan fingerprint density at radius 3 is 2.88 bits per heavy atom. The van der Waals surface area contributed by atoms with Gasteiger partial charge < -0.3 is 10.6 Å². The molecule has 0 aliphatic carbocycles. The fraction of sp³-hybridized carbons (Fsp3) is 0.462. The lowest BCUT2D eigenvalue weighted by Crippen LogP contribution is -2.35. The van der Waals surface area contributed by atoms with Gasteiger partial charge in [0.15, 0.2) is 0 Å². The Hall–Kier alpha value is -1.42. The zero-order chi connectivity index (χ0) is 12.1.